The number of hydrogen-bond donors (Lipinski definition) is 1. The number of aromatic amines is 1. The first kappa shape index (κ1) is 9.48. The van der Waals surface area contributed by atoms with Crippen LogP contribution in [0.15, 0.2) is 12.1 Å². The van der Waals surface area contributed by atoms with E-state index in [2.05, 4.69) is 14.3 Å². The Kier molecular flexibility index (Phi) is 2.43. The highest BCUT2D eigenvalue weighted by Crippen LogP contribution is 2.22. The molecule has 14 heavy (non-hydrogen) atoms. The fourth-order valence-corrected chi connectivity index (χ4v) is 2.17. The molecule has 2 aromatic heterocycles. The molecule has 2 heterocycles. The number of aryl methyl sites for hydroxylation is 2. The molecular formula is C9H9N3S2. The lowest BCUT2D eigenvalue weighted by atomic mass is 10.3. The number of aromatic nitrogens is 3. The molecule has 0 unspecified atom stereocenters. The first-order chi connectivity index (χ1) is 6.65. The summed E-state index contributed by atoms with van der Waals surface area (Å²) in [6.07, 6.45) is 0. The van der Waals surface area contributed by atoms with Crippen molar-refractivity contribution in [3.63, 3.8) is 0 Å². The fourth-order valence-electron chi connectivity index (χ4n) is 1.19. The van der Waals surface area contributed by atoms with Gasteiger partial charge in [0.1, 0.15) is 0 Å². The van der Waals surface area contributed by atoms with E-state index < -0.39 is 0 Å². The Labute approximate surface area is 91.0 Å². The number of nitrogens with one attached hydrogen (secondary N) is 1. The van der Waals surface area contributed by atoms with Crippen LogP contribution in [0.5, 0.6) is 0 Å². The van der Waals surface area contributed by atoms with Crippen LogP contribution in [-0.4, -0.2) is 14.3 Å². The van der Waals surface area contributed by atoms with Gasteiger partial charge in [-0.3, -0.25) is 0 Å². The monoisotopic (exact) mass is 223 g/mol. The third-order valence-corrected chi connectivity index (χ3v) is 2.86. The minimum atomic E-state index is 0.519. The van der Waals surface area contributed by atoms with Gasteiger partial charge in [-0.1, -0.05) is 0 Å². The van der Waals surface area contributed by atoms with Gasteiger partial charge < -0.3 is 4.98 Å². The molecule has 0 aliphatic rings. The minimum absolute atomic E-state index is 0.519. The molecule has 0 amide bonds. The Bertz CT molecular complexity index is 513. The third-order valence-electron chi connectivity index (χ3n) is 1.76. The Morgan fingerprint density at radius 2 is 2.14 bits per heavy atom. The molecule has 72 valence electrons. The summed E-state index contributed by atoms with van der Waals surface area (Å²) in [5.41, 5.74) is 2.94. The second-order valence-electron chi connectivity index (χ2n) is 3.09. The molecule has 0 fully saturated rings. The molecular weight excluding hydrogens is 214 g/mol. The van der Waals surface area contributed by atoms with E-state index in [1.54, 1.807) is 0 Å². The summed E-state index contributed by atoms with van der Waals surface area (Å²) in [5, 5.41) is 0. The van der Waals surface area contributed by atoms with E-state index in [9.17, 15) is 0 Å². The van der Waals surface area contributed by atoms with E-state index in [1.165, 1.54) is 11.5 Å². The molecule has 3 nitrogen and oxygen atoms in total. The minimum Gasteiger partial charge on any atom is -0.335 e. The second kappa shape index (κ2) is 3.59. The largest absolute Gasteiger partial charge is 0.335 e. The van der Waals surface area contributed by atoms with Crippen molar-refractivity contribution >= 4 is 23.8 Å². The van der Waals surface area contributed by atoms with Gasteiger partial charge in [-0.05, 0) is 49.7 Å². The van der Waals surface area contributed by atoms with Gasteiger partial charge >= 0.3 is 0 Å². The van der Waals surface area contributed by atoms with Crippen LogP contribution in [0.2, 0.25) is 0 Å². The highest BCUT2D eigenvalue weighted by molar-refractivity contribution is 7.71. The molecule has 2 aromatic rings. The maximum absolute atomic E-state index is 5.01. The maximum atomic E-state index is 5.01. The zero-order valence-electron chi connectivity index (χ0n) is 7.87. The quantitative estimate of drug-likeness (QED) is 0.756. The van der Waals surface area contributed by atoms with Crippen LogP contribution in [0, 0.1) is 18.6 Å². The maximum Gasteiger partial charge on any atom is 0.197 e. The van der Waals surface area contributed by atoms with Crippen molar-refractivity contribution in [3.05, 3.63) is 28.3 Å². The fraction of sp³-hybridized carbons (Fsp3) is 0.222. The molecule has 0 aliphatic heterocycles. The number of hydrogen-bond acceptors (Lipinski definition) is 4. The zero-order chi connectivity index (χ0) is 10.1. The van der Waals surface area contributed by atoms with E-state index in [4.69, 9.17) is 12.2 Å². The van der Waals surface area contributed by atoms with Gasteiger partial charge in [-0.15, -0.1) is 0 Å². The van der Waals surface area contributed by atoms with Gasteiger partial charge in [0.05, 0.1) is 16.3 Å². The normalized spacial score (nSPS) is 10.4. The lowest BCUT2D eigenvalue weighted by Crippen LogP contribution is -1.88. The summed E-state index contributed by atoms with van der Waals surface area (Å²) in [5.74, 6) is 0. The molecule has 0 atom stereocenters. The highest BCUT2D eigenvalue weighted by atomic mass is 32.1. The lowest BCUT2D eigenvalue weighted by molar-refractivity contribution is 1.08. The van der Waals surface area contributed by atoms with E-state index in [-0.39, 0.29) is 0 Å². The average molecular weight is 223 g/mol. The molecule has 0 bridgehead atoms. The number of nitrogens with zero attached hydrogens (tertiary/aromatic N) is 2. The molecule has 5 heteroatoms. The van der Waals surface area contributed by atoms with E-state index in [0.29, 0.717) is 4.77 Å². The zero-order valence-corrected chi connectivity index (χ0v) is 9.50. The van der Waals surface area contributed by atoms with Crippen molar-refractivity contribution in [2.45, 2.75) is 13.8 Å². The Hall–Kier alpha value is -1.07. The van der Waals surface area contributed by atoms with Crippen molar-refractivity contribution in [2.75, 3.05) is 0 Å². The first-order valence-corrected chi connectivity index (χ1v) is 5.35. The Morgan fingerprint density at radius 1 is 1.36 bits per heavy atom. The van der Waals surface area contributed by atoms with Gasteiger partial charge in [0.15, 0.2) is 4.77 Å². The molecule has 0 radical (unpaired) electrons. The average Bonchev–Trinajstić information content (AvgIpc) is 2.50. The predicted octanol–water partition coefficient (Wildman–Crippen LogP) is 2.88. The number of rotatable bonds is 1. The predicted molar refractivity (Wildman–Crippen MR) is 60.0 cm³/mol. The second-order valence-corrected chi connectivity index (χ2v) is 4.28. The summed E-state index contributed by atoms with van der Waals surface area (Å²) < 4.78 is 4.73. The highest BCUT2D eigenvalue weighted by Gasteiger charge is 2.03. The van der Waals surface area contributed by atoms with Crippen LogP contribution >= 0.6 is 23.8 Å². The summed E-state index contributed by atoms with van der Waals surface area (Å²) in [4.78, 5) is 8.28. The van der Waals surface area contributed by atoms with Crippen LogP contribution in [0.4, 0.5) is 0 Å². The van der Waals surface area contributed by atoms with Crippen LogP contribution < -0.4 is 0 Å². The van der Waals surface area contributed by atoms with Gasteiger partial charge in [-0.25, -0.2) is 4.98 Å². The molecule has 2 rings (SSSR count). The Balaban J connectivity index is 2.56. The Morgan fingerprint density at radius 3 is 2.71 bits per heavy atom. The topological polar surface area (TPSA) is 41.6 Å². The van der Waals surface area contributed by atoms with Crippen LogP contribution in [0.1, 0.15) is 11.4 Å². The SMILES string of the molecule is Cc1cc(-c2cc(C)[nH]c(=S)n2)sn1. The van der Waals surface area contributed by atoms with Crippen molar-refractivity contribution in [1.29, 1.82) is 0 Å². The first-order valence-electron chi connectivity index (χ1n) is 4.17. The molecule has 0 spiro atoms. The third kappa shape index (κ3) is 1.88. The van der Waals surface area contributed by atoms with E-state index >= 15 is 0 Å². The van der Waals surface area contributed by atoms with Gasteiger partial charge in [0.25, 0.3) is 0 Å². The summed E-state index contributed by atoms with van der Waals surface area (Å²) in [7, 11) is 0. The molecule has 0 saturated carbocycles. The van der Waals surface area contributed by atoms with E-state index in [1.807, 2.05) is 26.0 Å². The standard InChI is InChI=1S/C9H9N3S2/c1-5-3-7(11-9(13)10-5)8-4-6(2)12-14-8/h3-4H,1-2H3,(H,10,11,13). The van der Waals surface area contributed by atoms with Crippen LogP contribution in [-0.2, 0) is 0 Å². The van der Waals surface area contributed by atoms with Crippen LogP contribution in [0.25, 0.3) is 10.6 Å². The van der Waals surface area contributed by atoms with Gasteiger partial charge in [0, 0.05) is 5.69 Å². The van der Waals surface area contributed by atoms with Crippen molar-refractivity contribution in [1.82, 2.24) is 14.3 Å². The molecule has 0 saturated heterocycles. The molecule has 0 aliphatic carbocycles. The van der Waals surface area contributed by atoms with Crippen molar-refractivity contribution in [3.8, 4) is 10.6 Å². The lowest BCUT2D eigenvalue weighted by Gasteiger charge is -1.97. The van der Waals surface area contributed by atoms with Crippen molar-refractivity contribution < 1.29 is 0 Å². The summed E-state index contributed by atoms with van der Waals surface area (Å²) >= 11 is 6.46. The summed E-state index contributed by atoms with van der Waals surface area (Å²) in [6, 6.07) is 3.99. The summed E-state index contributed by atoms with van der Waals surface area (Å²) in [6.45, 7) is 3.94. The van der Waals surface area contributed by atoms with Crippen molar-refractivity contribution in [2.24, 2.45) is 0 Å². The van der Waals surface area contributed by atoms with Crippen LogP contribution in [0.3, 0.4) is 0 Å². The van der Waals surface area contributed by atoms with Gasteiger partial charge in [0.2, 0.25) is 0 Å². The smallest absolute Gasteiger partial charge is 0.197 e. The molecule has 0 aromatic carbocycles. The molecule has 1 N–H and O–H groups in total. The van der Waals surface area contributed by atoms with E-state index in [0.717, 1.165) is 22.0 Å². The van der Waals surface area contributed by atoms with Gasteiger partial charge in [-0.2, -0.15) is 4.37 Å². The number of H-pyrrole nitrogens is 1.